The second kappa shape index (κ2) is 9.26. The Morgan fingerprint density at radius 2 is 1.81 bits per heavy atom. The van der Waals surface area contributed by atoms with Crippen LogP contribution < -0.4 is 10.6 Å². The normalized spacial score (nSPS) is 21.2. The second-order valence-corrected chi connectivity index (χ2v) is 8.91. The van der Waals surface area contributed by atoms with Gasteiger partial charge < -0.3 is 25.5 Å². The maximum absolute atomic E-state index is 13.0. The molecule has 0 saturated carbocycles. The molecule has 1 aromatic rings. The zero-order chi connectivity index (χ0) is 22.0. The number of carbonyl (C=O) groups is 3. The van der Waals surface area contributed by atoms with E-state index >= 15 is 0 Å². The third kappa shape index (κ3) is 4.54. The summed E-state index contributed by atoms with van der Waals surface area (Å²) in [5, 5.41) is 9.65. The van der Waals surface area contributed by atoms with Crippen molar-refractivity contribution in [2.75, 3.05) is 31.1 Å². The lowest BCUT2D eigenvalue weighted by Gasteiger charge is -2.41. The number of nitrogens with two attached hydrogens (primary N) is 1. The average molecular weight is 429 g/mol. The number of amides is 2. The molecule has 2 amide bonds. The van der Waals surface area contributed by atoms with Gasteiger partial charge in [0.05, 0.1) is 0 Å². The van der Waals surface area contributed by atoms with Gasteiger partial charge in [-0.1, -0.05) is 12.5 Å². The fourth-order valence-electron chi connectivity index (χ4n) is 5.33. The van der Waals surface area contributed by atoms with E-state index < -0.39 is 17.9 Å². The molecule has 0 aliphatic carbocycles. The zero-order valence-electron chi connectivity index (χ0n) is 18.0. The van der Waals surface area contributed by atoms with Crippen molar-refractivity contribution in [3.8, 4) is 0 Å². The number of carboxylic acids is 1. The van der Waals surface area contributed by atoms with Crippen LogP contribution in [0, 0.1) is 0 Å². The minimum atomic E-state index is -1.11. The first kappa shape index (κ1) is 21.6. The highest BCUT2D eigenvalue weighted by Gasteiger charge is 2.38. The van der Waals surface area contributed by atoms with Crippen molar-refractivity contribution in [2.45, 2.75) is 63.6 Å². The quantitative estimate of drug-likeness (QED) is 0.686. The molecule has 0 aromatic heterocycles. The highest BCUT2D eigenvalue weighted by molar-refractivity contribution is 6.02. The van der Waals surface area contributed by atoms with Crippen molar-refractivity contribution in [1.29, 1.82) is 0 Å². The van der Waals surface area contributed by atoms with E-state index in [1.807, 2.05) is 12.1 Å². The molecular weight excluding hydrogens is 396 g/mol. The Hall–Kier alpha value is -2.61. The van der Waals surface area contributed by atoms with Crippen molar-refractivity contribution in [2.24, 2.45) is 5.73 Å². The van der Waals surface area contributed by atoms with E-state index in [1.165, 1.54) is 37.3 Å². The van der Waals surface area contributed by atoms with E-state index in [9.17, 15) is 19.5 Å². The first-order valence-electron chi connectivity index (χ1n) is 11.4. The van der Waals surface area contributed by atoms with Crippen LogP contribution >= 0.6 is 0 Å². The van der Waals surface area contributed by atoms with Gasteiger partial charge in [-0.3, -0.25) is 9.59 Å². The van der Waals surface area contributed by atoms with Crippen LogP contribution in [0.4, 0.5) is 5.69 Å². The predicted octanol–water partition coefficient (Wildman–Crippen LogP) is 1.82. The smallest absolute Gasteiger partial charge is 0.326 e. The minimum Gasteiger partial charge on any atom is -0.480 e. The standard InChI is InChI=1S/C23H32N4O4/c24-21(28)8-7-20(23(30)31)27-15-18-17(22(27)29)5-4-6-19(18)26-13-9-16(10-14-26)25-11-2-1-3-12-25/h4-6,16,20H,1-3,7-15H2,(H2,24,28)(H,30,31). The lowest BCUT2D eigenvalue weighted by atomic mass is 9.98. The molecule has 0 spiro atoms. The molecule has 3 heterocycles. The predicted molar refractivity (Wildman–Crippen MR) is 117 cm³/mol. The van der Waals surface area contributed by atoms with Crippen molar-refractivity contribution >= 4 is 23.5 Å². The molecular formula is C23H32N4O4. The van der Waals surface area contributed by atoms with E-state index in [1.54, 1.807) is 6.07 Å². The third-order valence-electron chi connectivity index (χ3n) is 7.01. The number of fused-ring (bicyclic) bond motifs is 1. The zero-order valence-corrected chi connectivity index (χ0v) is 18.0. The molecule has 0 bridgehead atoms. The number of hydrogen-bond acceptors (Lipinski definition) is 5. The highest BCUT2D eigenvalue weighted by Crippen LogP contribution is 2.35. The topological polar surface area (TPSA) is 107 Å². The SMILES string of the molecule is NC(=O)CCC(C(=O)O)N1Cc2c(cccc2N2CCC(N3CCCCC3)CC2)C1=O. The van der Waals surface area contributed by atoms with Crippen LogP contribution in [0.15, 0.2) is 18.2 Å². The van der Waals surface area contributed by atoms with E-state index in [0.29, 0.717) is 11.6 Å². The number of primary amides is 1. The number of hydrogen-bond donors (Lipinski definition) is 2. The number of benzene rings is 1. The first-order valence-corrected chi connectivity index (χ1v) is 11.4. The molecule has 168 valence electrons. The Balaban J connectivity index is 1.47. The Bertz CT molecular complexity index is 844. The minimum absolute atomic E-state index is 0.0287. The fraction of sp³-hybridized carbons (Fsp3) is 0.609. The second-order valence-electron chi connectivity index (χ2n) is 8.91. The summed E-state index contributed by atoms with van der Waals surface area (Å²) in [4.78, 5) is 42.3. The van der Waals surface area contributed by atoms with Crippen LogP contribution in [0.2, 0.25) is 0 Å². The summed E-state index contributed by atoms with van der Waals surface area (Å²) in [5.74, 6) is -1.95. The number of piperidine rings is 2. The Kier molecular flexibility index (Phi) is 6.46. The summed E-state index contributed by atoms with van der Waals surface area (Å²) in [5.41, 5.74) is 7.70. The lowest BCUT2D eigenvalue weighted by molar-refractivity contribution is -0.142. The number of aliphatic carboxylic acids is 1. The van der Waals surface area contributed by atoms with E-state index in [2.05, 4.69) is 9.80 Å². The largest absolute Gasteiger partial charge is 0.480 e. The molecule has 0 radical (unpaired) electrons. The third-order valence-corrected chi connectivity index (χ3v) is 7.01. The van der Waals surface area contributed by atoms with Crippen LogP contribution in [0.25, 0.3) is 0 Å². The van der Waals surface area contributed by atoms with Gasteiger partial charge in [0.25, 0.3) is 5.91 Å². The number of carbonyl (C=O) groups excluding carboxylic acids is 2. The number of nitrogens with zero attached hydrogens (tertiary/aromatic N) is 3. The summed E-state index contributed by atoms with van der Waals surface area (Å²) in [6.45, 7) is 4.55. The van der Waals surface area contributed by atoms with Crippen molar-refractivity contribution in [3.05, 3.63) is 29.3 Å². The monoisotopic (exact) mass is 428 g/mol. The van der Waals surface area contributed by atoms with Gasteiger partial charge in [-0.25, -0.2) is 4.79 Å². The lowest BCUT2D eigenvalue weighted by Crippen LogP contribution is -2.47. The molecule has 1 aromatic carbocycles. The molecule has 1 unspecified atom stereocenters. The molecule has 4 rings (SSSR count). The van der Waals surface area contributed by atoms with Gasteiger partial charge in [0.1, 0.15) is 6.04 Å². The maximum Gasteiger partial charge on any atom is 0.326 e. The molecule has 3 aliphatic rings. The highest BCUT2D eigenvalue weighted by atomic mass is 16.4. The van der Waals surface area contributed by atoms with Crippen LogP contribution in [-0.4, -0.2) is 71.0 Å². The van der Waals surface area contributed by atoms with E-state index in [-0.39, 0.29) is 25.3 Å². The molecule has 31 heavy (non-hydrogen) atoms. The van der Waals surface area contributed by atoms with Gasteiger partial charge in [0.2, 0.25) is 5.91 Å². The summed E-state index contributed by atoms with van der Waals surface area (Å²) >= 11 is 0. The average Bonchev–Trinajstić information content (AvgIpc) is 3.11. The van der Waals surface area contributed by atoms with Gasteiger partial charge in [0.15, 0.2) is 0 Å². The van der Waals surface area contributed by atoms with Crippen LogP contribution in [0.1, 0.15) is 60.9 Å². The van der Waals surface area contributed by atoms with Crippen molar-refractivity contribution < 1.29 is 19.5 Å². The number of likely N-dealkylation sites (tertiary alicyclic amines) is 1. The van der Waals surface area contributed by atoms with E-state index in [4.69, 9.17) is 5.73 Å². The van der Waals surface area contributed by atoms with Crippen LogP contribution in [0.5, 0.6) is 0 Å². The molecule has 3 N–H and O–H groups in total. The summed E-state index contributed by atoms with van der Waals surface area (Å²) < 4.78 is 0. The molecule has 8 heteroatoms. The maximum atomic E-state index is 13.0. The molecule has 3 aliphatic heterocycles. The van der Waals surface area contributed by atoms with Gasteiger partial charge in [0, 0.05) is 48.9 Å². The molecule has 1 atom stereocenters. The Morgan fingerprint density at radius 1 is 1.10 bits per heavy atom. The summed E-state index contributed by atoms with van der Waals surface area (Å²) in [6.07, 6.45) is 6.12. The number of anilines is 1. The summed E-state index contributed by atoms with van der Waals surface area (Å²) in [7, 11) is 0. The Labute approximate surface area is 183 Å². The number of rotatable bonds is 7. The van der Waals surface area contributed by atoms with Gasteiger partial charge >= 0.3 is 5.97 Å². The van der Waals surface area contributed by atoms with Crippen molar-refractivity contribution in [1.82, 2.24) is 9.80 Å². The summed E-state index contributed by atoms with van der Waals surface area (Å²) in [6, 6.07) is 5.28. The van der Waals surface area contributed by atoms with Crippen LogP contribution in [0.3, 0.4) is 0 Å². The van der Waals surface area contributed by atoms with Crippen LogP contribution in [-0.2, 0) is 16.1 Å². The Morgan fingerprint density at radius 3 is 2.45 bits per heavy atom. The van der Waals surface area contributed by atoms with Gasteiger partial charge in [-0.15, -0.1) is 0 Å². The van der Waals surface area contributed by atoms with Gasteiger partial charge in [-0.2, -0.15) is 0 Å². The molecule has 2 saturated heterocycles. The fourth-order valence-corrected chi connectivity index (χ4v) is 5.33. The number of carboxylic acid groups (broad SMARTS) is 1. The van der Waals surface area contributed by atoms with E-state index in [0.717, 1.165) is 37.2 Å². The van der Waals surface area contributed by atoms with Gasteiger partial charge in [-0.05, 0) is 57.3 Å². The molecule has 2 fully saturated rings. The van der Waals surface area contributed by atoms with Crippen molar-refractivity contribution in [3.63, 3.8) is 0 Å². The molecule has 8 nitrogen and oxygen atoms in total. The first-order chi connectivity index (χ1) is 15.0.